The zero-order chi connectivity index (χ0) is 24.8. The van der Waals surface area contributed by atoms with Crippen LogP contribution < -0.4 is 15.5 Å². The molecule has 1 aliphatic carbocycles. The summed E-state index contributed by atoms with van der Waals surface area (Å²) < 4.78 is 0. The van der Waals surface area contributed by atoms with Crippen molar-refractivity contribution < 1.29 is 4.79 Å². The number of aromatic nitrogens is 1. The second-order valence-corrected chi connectivity index (χ2v) is 10.2. The predicted molar refractivity (Wildman–Crippen MR) is 146 cm³/mol. The lowest BCUT2D eigenvalue weighted by atomic mass is 9.92. The number of hydrogen-bond acceptors (Lipinski definition) is 3. The van der Waals surface area contributed by atoms with Gasteiger partial charge in [-0.25, -0.2) is 9.78 Å². The molecule has 1 heterocycles. The summed E-state index contributed by atoms with van der Waals surface area (Å²) in [4.78, 5) is 20.3. The maximum atomic E-state index is 13.3. The highest BCUT2D eigenvalue weighted by atomic mass is 16.2. The Kier molecular flexibility index (Phi) is 7.74. The summed E-state index contributed by atoms with van der Waals surface area (Å²) in [5.74, 6) is 1.56. The SMILES string of the molecule is CC(C)c1cccc(C(C)C)c1NC(=O)NCC1(N(c2ccccc2)c2ccccn2)CCCC1. The van der Waals surface area contributed by atoms with Gasteiger partial charge in [0.15, 0.2) is 0 Å². The highest BCUT2D eigenvalue weighted by Gasteiger charge is 2.41. The molecule has 0 bridgehead atoms. The largest absolute Gasteiger partial charge is 0.335 e. The molecule has 5 nitrogen and oxygen atoms in total. The Morgan fingerprint density at radius 2 is 1.51 bits per heavy atom. The molecule has 1 fully saturated rings. The van der Waals surface area contributed by atoms with E-state index in [4.69, 9.17) is 4.98 Å². The summed E-state index contributed by atoms with van der Waals surface area (Å²) in [5.41, 5.74) is 4.15. The average Bonchev–Trinajstić information content (AvgIpc) is 3.33. The molecule has 0 unspecified atom stereocenters. The number of hydrogen-bond donors (Lipinski definition) is 2. The van der Waals surface area contributed by atoms with E-state index in [1.807, 2.05) is 24.4 Å². The van der Waals surface area contributed by atoms with Crippen LogP contribution in [0.5, 0.6) is 0 Å². The second kappa shape index (κ2) is 10.9. The van der Waals surface area contributed by atoms with Crippen LogP contribution in [-0.2, 0) is 0 Å². The van der Waals surface area contributed by atoms with Crippen LogP contribution in [0.3, 0.4) is 0 Å². The molecule has 35 heavy (non-hydrogen) atoms. The maximum Gasteiger partial charge on any atom is 0.319 e. The molecule has 4 rings (SSSR count). The summed E-state index contributed by atoms with van der Waals surface area (Å²) in [7, 11) is 0. The van der Waals surface area contributed by atoms with Gasteiger partial charge >= 0.3 is 6.03 Å². The second-order valence-electron chi connectivity index (χ2n) is 10.2. The minimum absolute atomic E-state index is 0.152. The number of nitrogens with zero attached hydrogens (tertiary/aromatic N) is 2. The smallest absolute Gasteiger partial charge is 0.319 e. The van der Waals surface area contributed by atoms with Gasteiger partial charge in [0.2, 0.25) is 0 Å². The van der Waals surface area contributed by atoms with Crippen molar-refractivity contribution in [3.63, 3.8) is 0 Å². The summed E-state index contributed by atoms with van der Waals surface area (Å²) in [6.07, 6.45) is 6.10. The van der Waals surface area contributed by atoms with Gasteiger partial charge in [0.05, 0.1) is 5.54 Å². The quantitative estimate of drug-likeness (QED) is 0.356. The molecule has 0 atom stereocenters. The van der Waals surface area contributed by atoms with Crippen molar-refractivity contribution in [2.45, 2.75) is 70.8 Å². The first-order valence-corrected chi connectivity index (χ1v) is 12.9. The fourth-order valence-corrected chi connectivity index (χ4v) is 5.32. The van der Waals surface area contributed by atoms with Crippen LogP contribution in [0.15, 0.2) is 72.9 Å². The Labute approximate surface area is 210 Å². The Morgan fingerprint density at radius 1 is 0.886 bits per heavy atom. The Morgan fingerprint density at radius 3 is 2.09 bits per heavy atom. The molecule has 5 heteroatoms. The van der Waals surface area contributed by atoms with E-state index >= 15 is 0 Å². The van der Waals surface area contributed by atoms with Gasteiger partial charge in [-0.1, -0.05) is 83.0 Å². The number of para-hydroxylation sites is 2. The fraction of sp³-hybridized carbons (Fsp3) is 0.400. The minimum Gasteiger partial charge on any atom is -0.335 e. The molecule has 0 radical (unpaired) electrons. The predicted octanol–water partition coefficient (Wildman–Crippen LogP) is 7.60. The van der Waals surface area contributed by atoms with E-state index in [1.54, 1.807) is 0 Å². The molecule has 1 aromatic heterocycles. The Hall–Kier alpha value is -3.34. The summed E-state index contributed by atoms with van der Waals surface area (Å²) in [6, 6.07) is 22.6. The lowest BCUT2D eigenvalue weighted by Crippen LogP contribution is -2.53. The standard InChI is InChI=1S/C30H38N4O/c1-22(2)25-15-12-16-26(23(3)4)28(25)33-29(35)32-21-30(18-9-10-19-30)34(24-13-6-5-7-14-24)27-17-8-11-20-31-27/h5-8,11-17,20,22-23H,9-10,18-19,21H2,1-4H3,(H2,32,33,35). The number of pyridine rings is 1. The van der Waals surface area contributed by atoms with Crippen LogP contribution in [0.1, 0.15) is 76.3 Å². The number of amides is 2. The van der Waals surface area contributed by atoms with Gasteiger partial charge in [0.1, 0.15) is 5.82 Å². The number of benzene rings is 2. The number of rotatable bonds is 8. The first-order valence-electron chi connectivity index (χ1n) is 12.9. The molecule has 184 valence electrons. The molecule has 2 N–H and O–H groups in total. The lowest BCUT2D eigenvalue weighted by Gasteiger charge is -2.42. The zero-order valence-electron chi connectivity index (χ0n) is 21.4. The number of carbonyl (C=O) groups is 1. The van der Waals surface area contributed by atoms with E-state index < -0.39 is 0 Å². The summed E-state index contributed by atoms with van der Waals surface area (Å²) >= 11 is 0. The third-order valence-corrected chi connectivity index (χ3v) is 7.09. The highest BCUT2D eigenvalue weighted by Crippen LogP contribution is 2.42. The highest BCUT2D eigenvalue weighted by molar-refractivity contribution is 5.91. The zero-order valence-corrected chi connectivity index (χ0v) is 21.4. The van der Waals surface area contributed by atoms with Crippen molar-refractivity contribution in [1.82, 2.24) is 10.3 Å². The normalized spacial score (nSPS) is 14.8. The van der Waals surface area contributed by atoms with Gasteiger partial charge in [-0.05, 0) is 60.1 Å². The van der Waals surface area contributed by atoms with E-state index in [2.05, 4.69) is 91.8 Å². The van der Waals surface area contributed by atoms with Crippen molar-refractivity contribution in [2.24, 2.45) is 0 Å². The number of anilines is 3. The van der Waals surface area contributed by atoms with Crippen LogP contribution in [0.4, 0.5) is 22.0 Å². The topological polar surface area (TPSA) is 57.3 Å². The van der Waals surface area contributed by atoms with E-state index in [0.29, 0.717) is 18.4 Å². The van der Waals surface area contributed by atoms with Crippen LogP contribution in [0.2, 0.25) is 0 Å². The molecular weight excluding hydrogens is 432 g/mol. The van der Waals surface area contributed by atoms with E-state index in [1.165, 1.54) is 11.1 Å². The molecule has 1 aliphatic rings. The number of urea groups is 1. The van der Waals surface area contributed by atoms with E-state index in [-0.39, 0.29) is 11.6 Å². The monoisotopic (exact) mass is 470 g/mol. The molecule has 2 aromatic carbocycles. The number of carbonyl (C=O) groups excluding carboxylic acids is 1. The van der Waals surface area contributed by atoms with E-state index in [9.17, 15) is 4.79 Å². The molecule has 0 saturated heterocycles. The van der Waals surface area contributed by atoms with Crippen molar-refractivity contribution in [3.05, 3.63) is 84.1 Å². The van der Waals surface area contributed by atoms with E-state index in [0.717, 1.165) is 42.9 Å². The average molecular weight is 471 g/mol. The lowest BCUT2D eigenvalue weighted by molar-refractivity contribution is 0.248. The first kappa shape index (κ1) is 24.8. The van der Waals surface area contributed by atoms with Gasteiger partial charge in [0, 0.05) is 24.1 Å². The molecule has 0 spiro atoms. The Balaban J connectivity index is 1.60. The summed E-state index contributed by atoms with van der Waals surface area (Å²) in [6.45, 7) is 9.22. The maximum absolute atomic E-state index is 13.3. The van der Waals surface area contributed by atoms with Crippen molar-refractivity contribution in [2.75, 3.05) is 16.8 Å². The minimum atomic E-state index is -0.231. The van der Waals surface area contributed by atoms with Gasteiger partial charge in [0.25, 0.3) is 0 Å². The Bertz CT molecular complexity index is 1040. The van der Waals surface area contributed by atoms with Crippen LogP contribution >= 0.6 is 0 Å². The third-order valence-electron chi connectivity index (χ3n) is 7.09. The fourth-order valence-electron chi connectivity index (χ4n) is 5.32. The molecule has 2 amide bonds. The van der Waals surface area contributed by atoms with Gasteiger partial charge < -0.3 is 15.5 Å². The third kappa shape index (κ3) is 5.50. The first-order chi connectivity index (χ1) is 16.9. The number of nitrogens with one attached hydrogen (secondary N) is 2. The van der Waals surface area contributed by atoms with Crippen molar-refractivity contribution >= 4 is 23.2 Å². The van der Waals surface area contributed by atoms with Gasteiger partial charge in [-0.15, -0.1) is 0 Å². The van der Waals surface area contributed by atoms with Crippen LogP contribution in [0.25, 0.3) is 0 Å². The van der Waals surface area contributed by atoms with Gasteiger partial charge in [-0.3, -0.25) is 0 Å². The molecule has 0 aliphatic heterocycles. The molecular formula is C30H38N4O. The summed E-state index contributed by atoms with van der Waals surface area (Å²) in [5, 5.41) is 6.46. The van der Waals surface area contributed by atoms with Crippen molar-refractivity contribution in [3.8, 4) is 0 Å². The van der Waals surface area contributed by atoms with Crippen LogP contribution in [0, 0.1) is 0 Å². The van der Waals surface area contributed by atoms with Crippen molar-refractivity contribution in [1.29, 1.82) is 0 Å². The van der Waals surface area contributed by atoms with Gasteiger partial charge in [-0.2, -0.15) is 0 Å². The molecule has 3 aromatic rings. The molecule has 1 saturated carbocycles. The van der Waals surface area contributed by atoms with Crippen LogP contribution in [-0.4, -0.2) is 23.1 Å².